The predicted molar refractivity (Wildman–Crippen MR) is 157 cm³/mol. The third kappa shape index (κ3) is 4.93. The van der Waals surface area contributed by atoms with Crippen LogP contribution in [0.3, 0.4) is 0 Å². The van der Waals surface area contributed by atoms with Crippen LogP contribution in [0.25, 0.3) is 0 Å². The summed E-state index contributed by atoms with van der Waals surface area (Å²) in [7, 11) is 1.60. The van der Waals surface area contributed by atoms with E-state index >= 15 is 0 Å². The Morgan fingerprint density at radius 1 is 1.02 bits per heavy atom. The van der Waals surface area contributed by atoms with Crippen molar-refractivity contribution in [2.75, 3.05) is 19.0 Å². The number of ether oxygens (including phenoxy) is 3. The molecule has 3 amide bonds. The van der Waals surface area contributed by atoms with Gasteiger partial charge in [-0.3, -0.25) is 14.4 Å². The minimum atomic E-state index is -1.21. The number of fused-ring (bicyclic) bond motifs is 1. The maximum absolute atomic E-state index is 14.3. The quantitative estimate of drug-likeness (QED) is 0.438. The third-order valence-corrected chi connectivity index (χ3v) is 9.31. The fourth-order valence-electron chi connectivity index (χ4n) is 7.18. The average molecular weight is 574 g/mol. The summed E-state index contributed by atoms with van der Waals surface area (Å²) in [5.41, 5.74) is 0.250. The molecule has 9 nitrogen and oxygen atoms in total. The van der Waals surface area contributed by atoms with E-state index in [0.717, 1.165) is 31.2 Å². The lowest BCUT2D eigenvalue weighted by molar-refractivity contribution is -0.142. The predicted octanol–water partition coefficient (Wildman–Crippen LogP) is 4.08. The molecule has 3 fully saturated rings. The Morgan fingerprint density at radius 3 is 2.43 bits per heavy atom. The molecular weight excluding hydrogens is 534 g/mol. The van der Waals surface area contributed by atoms with Gasteiger partial charge >= 0.3 is 0 Å². The molecule has 2 bridgehead atoms. The highest BCUT2D eigenvalue weighted by Gasteiger charge is 2.72. The Bertz CT molecular complexity index is 1360. The van der Waals surface area contributed by atoms with Gasteiger partial charge in [-0.1, -0.05) is 44.1 Å². The Morgan fingerprint density at radius 2 is 1.74 bits per heavy atom. The first-order valence-electron chi connectivity index (χ1n) is 15.0. The number of hydrogen-bond donors (Lipinski definition) is 2. The molecule has 7 atom stereocenters. The molecule has 1 aliphatic carbocycles. The summed E-state index contributed by atoms with van der Waals surface area (Å²) < 4.78 is 17.3. The second-order valence-electron chi connectivity index (χ2n) is 11.8. The van der Waals surface area contributed by atoms with E-state index in [2.05, 4.69) is 17.6 Å². The van der Waals surface area contributed by atoms with E-state index in [1.807, 2.05) is 43.3 Å². The van der Waals surface area contributed by atoms with E-state index in [1.165, 1.54) is 0 Å². The first-order valence-corrected chi connectivity index (χ1v) is 15.0. The van der Waals surface area contributed by atoms with Crippen LogP contribution in [-0.2, 0) is 25.7 Å². The molecule has 42 heavy (non-hydrogen) atoms. The summed E-state index contributed by atoms with van der Waals surface area (Å²) in [4.78, 5) is 43.7. The van der Waals surface area contributed by atoms with Crippen molar-refractivity contribution < 1.29 is 28.6 Å². The van der Waals surface area contributed by atoms with Crippen molar-refractivity contribution in [2.45, 2.75) is 69.9 Å². The number of nitrogens with zero attached hydrogens (tertiary/aromatic N) is 1. The number of carbonyl (C=O) groups excluding carboxylic acids is 3. The zero-order valence-electron chi connectivity index (χ0n) is 24.4. The van der Waals surface area contributed by atoms with E-state index in [9.17, 15) is 14.4 Å². The Balaban J connectivity index is 1.29. The van der Waals surface area contributed by atoms with Gasteiger partial charge in [-0.25, -0.2) is 0 Å². The van der Waals surface area contributed by atoms with Crippen LogP contribution in [0.4, 0.5) is 5.69 Å². The van der Waals surface area contributed by atoms with Gasteiger partial charge in [0, 0.05) is 18.3 Å². The lowest BCUT2D eigenvalue weighted by atomic mass is 9.74. The molecule has 2 aromatic rings. The molecule has 222 valence electrons. The molecule has 3 heterocycles. The summed E-state index contributed by atoms with van der Waals surface area (Å²) in [6.07, 6.45) is 7.29. The second kappa shape index (κ2) is 11.4. The number of likely N-dealkylation sites (tertiary alicyclic amines) is 1. The van der Waals surface area contributed by atoms with Gasteiger partial charge in [-0.05, 0) is 67.6 Å². The summed E-state index contributed by atoms with van der Waals surface area (Å²) in [6.45, 7) is 4.84. The molecule has 0 unspecified atom stereocenters. The van der Waals surface area contributed by atoms with Crippen molar-refractivity contribution in [2.24, 2.45) is 17.8 Å². The van der Waals surface area contributed by atoms with Crippen LogP contribution in [-0.4, -0.2) is 60.1 Å². The SMILES string of the molecule is CCOc1ccc(NC(=O)[C@@H]2[C@@H]3C=C[C@]4(O3)[C@@H]2C(=O)N(Cc2ccc(OC)cc2)[C@H]4C(=O)N[C@H]2CCCC[C@@H]2C)cc1. The number of rotatable bonds is 9. The van der Waals surface area contributed by atoms with E-state index < -0.39 is 29.6 Å². The zero-order chi connectivity index (χ0) is 29.4. The standard InChI is InChI=1S/C33H39N3O6/c1-4-41-24-15-11-22(12-16-24)34-30(37)27-26-17-18-33(42-26)28(27)32(39)36(19-21-9-13-23(40-3)14-10-21)29(33)31(38)35-25-8-6-5-7-20(25)2/h9-18,20,25-29H,4-8,19H2,1-3H3,(H,34,37)(H,35,38)/t20-,25-,26-,27+,28-,29-,33-/m0/s1. The largest absolute Gasteiger partial charge is 0.497 e. The molecule has 1 saturated carbocycles. The Hall–Kier alpha value is -3.85. The normalized spacial score (nSPS) is 31.1. The Labute approximate surface area is 246 Å². The van der Waals surface area contributed by atoms with Crippen molar-refractivity contribution in [3.63, 3.8) is 0 Å². The monoisotopic (exact) mass is 573 g/mol. The molecule has 0 radical (unpaired) electrons. The lowest BCUT2D eigenvalue weighted by Crippen LogP contribution is -2.57. The van der Waals surface area contributed by atoms with Gasteiger partial charge in [0.25, 0.3) is 0 Å². The van der Waals surface area contributed by atoms with Crippen LogP contribution in [0.15, 0.2) is 60.7 Å². The smallest absolute Gasteiger partial charge is 0.246 e. The molecule has 6 rings (SSSR count). The van der Waals surface area contributed by atoms with Gasteiger partial charge in [0.15, 0.2) is 0 Å². The molecule has 2 N–H and O–H groups in total. The highest BCUT2D eigenvalue weighted by molar-refractivity contribution is 6.02. The number of amides is 3. The molecule has 2 saturated heterocycles. The van der Waals surface area contributed by atoms with Crippen molar-refractivity contribution in [1.82, 2.24) is 10.2 Å². The van der Waals surface area contributed by atoms with Crippen LogP contribution in [0.2, 0.25) is 0 Å². The highest BCUT2D eigenvalue weighted by Crippen LogP contribution is 2.55. The Kier molecular flexibility index (Phi) is 7.70. The van der Waals surface area contributed by atoms with Crippen molar-refractivity contribution >= 4 is 23.4 Å². The van der Waals surface area contributed by atoms with E-state index in [0.29, 0.717) is 29.7 Å². The van der Waals surface area contributed by atoms with Crippen LogP contribution < -0.4 is 20.1 Å². The topological polar surface area (TPSA) is 106 Å². The van der Waals surface area contributed by atoms with Gasteiger partial charge in [0.1, 0.15) is 23.1 Å². The average Bonchev–Trinajstić information content (AvgIpc) is 3.63. The summed E-state index contributed by atoms with van der Waals surface area (Å²) >= 11 is 0. The first kappa shape index (κ1) is 28.3. The fraction of sp³-hybridized carbons (Fsp3) is 0.485. The van der Waals surface area contributed by atoms with Crippen molar-refractivity contribution in [3.8, 4) is 11.5 Å². The molecule has 3 aliphatic heterocycles. The number of methoxy groups -OCH3 is 1. The third-order valence-electron chi connectivity index (χ3n) is 9.31. The minimum absolute atomic E-state index is 0.0426. The minimum Gasteiger partial charge on any atom is -0.497 e. The molecular formula is C33H39N3O6. The van der Waals surface area contributed by atoms with Crippen LogP contribution in [0.1, 0.15) is 45.1 Å². The van der Waals surface area contributed by atoms with E-state index in [-0.39, 0.29) is 30.3 Å². The number of anilines is 1. The van der Waals surface area contributed by atoms with Gasteiger partial charge < -0.3 is 29.7 Å². The highest BCUT2D eigenvalue weighted by atomic mass is 16.5. The van der Waals surface area contributed by atoms with Gasteiger partial charge in [0.2, 0.25) is 17.7 Å². The second-order valence-corrected chi connectivity index (χ2v) is 11.8. The number of benzene rings is 2. The summed E-state index contributed by atoms with van der Waals surface area (Å²) in [6, 6.07) is 13.7. The van der Waals surface area contributed by atoms with Crippen molar-refractivity contribution in [3.05, 3.63) is 66.2 Å². The maximum Gasteiger partial charge on any atom is 0.246 e. The fourth-order valence-corrected chi connectivity index (χ4v) is 7.18. The molecule has 2 aromatic carbocycles. The van der Waals surface area contributed by atoms with Gasteiger partial charge in [-0.2, -0.15) is 0 Å². The van der Waals surface area contributed by atoms with Crippen molar-refractivity contribution in [1.29, 1.82) is 0 Å². The summed E-state index contributed by atoms with van der Waals surface area (Å²) in [5.74, 6) is -0.586. The summed E-state index contributed by atoms with van der Waals surface area (Å²) in [5, 5.41) is 6.24. The van der Waals surface area contributed by atoms with Crippen LogP contribution in [0.5, 0.6) is 11.5 Å². The van der Waals surface area contributed by atoms with Crippen LogP contribution >= 0.6 is 0 Å². The molecule has 4 aliphatic rings. The number of nitrogens with one attached hydrogen (secondary N) is 2. The van der Waals surface area contributed by atoms with Gasteiger partial charge in [-0.15, -0.1) is 0 Å². The number of carbonyl (C=O) groups is 3. The van der Waals surface area contributed by atoms with Crippen LogP contribution in [0, 0.1) is 17.8 Å². The molecule has 0 aromatic heterocycles. The van der Waals surface area contributed by atoms with E-state index in [4.69, 9.17) is 14.2 Å². The number of hydrogen-bond acceptors (Lipinski definition) is 6. The van der Waals surface area contributed by atoms with E-state index in [1.54, 1.807) is 36.3 Å². The maximum atomic E-state index is 14.3. The molecule has 9 heteroatoms. The van der Waals surface area contributed by atoms with Gasteiger partial charge in [0.05, 0.1) is 31.7 Å². The molecule has 1 spiro atoms. The lowest BCUT2D eigenvalue weighted by Gasteiger charge is -2.36. The first-order chi connectivity index (χ1) is 20.3. The zero-order valence-corrected chi connectivity index (χ0v) is 24.4.